The lowest BCUT2D eigenvalue weighted by atomic mass is 10.0. The highest BCUT2D eigenvalue weighted by Crippen LogP contribution is 2.41. The SMILES string of the molecule is C=C/C(C)=C(\C)c1cnc(Sc2ccc3n[nH]nc3c2)nc1C.CCC1C(N)C1CC. The van der Waals surface area contributed by atoms with Gasteiger partial charge >= 0.3 is 0 Å². The fourth-order valence-corrected chi connectivity index (χ4v) is 4.65. The van der Waals surface area contributed by atoms with Crippen molar-refractivity contribution in [3.63, 3.8) is 0 Å². The molecule has 7 heteroatoms. The Balaban J connectivity index is 0.000000287. The van der Waals surface area contributed by atoms with E-state index < -0.39 is 0 Å². The standard InChI is InChI=1S/C17H17N5S.C7H15N/c1-5-10(2)11(3)14-9-18-17(19-12(14)4)23-13-6-7-15-16(8-13)21-22-20-15;1-3-5-6(4-2)7(5)8/h5-9H,1H2,2-4H3,(H,20,21,22);5-7H,3-4,8H2,1-2H3/b11-10+;. The molecule has 1 aliphatic rings. The van der Waals surface area contributed by atoms with Crippen LogP contribution in [0.15, 0.2) is 52.7 Å². The number of H-pyrrole nitrogens is 1. The number of benzene rings is 1. The maximum absolute atomic E-state index is 5.73. The van der Waals surface area contributed by atoms with Crippen LogP contribution in [0.3, 0.4) is 0 Å². The van der Waals surface area contributed by atoms with Crippen molar-refractivity contribution in [1.82, 2.24) is 25.4 Å². The third-order valence-corrected chi connectivity index (χ3v) is 6.97. The maximum atomic E-state index is 5.73. The number of allylic oxidation sites excluding steroid dienone is 3. The van der Waals surface area contributed by atoms with E-state index in [1.807, 2.05) is 44.3 Å². The smallest absolute Gasteiger partial charge is 0.192 e. The lowest BCUT2D eigenvalue weighted by molar-refractivity contribution is 0.663. The quantitative estimate of drug-likeness (QED) is 0.388. The molecule has 1 saturated carbocycles. The van der Waals surface area contributed by atoms with Crippen LogP contribution in [0, 0.1) is 18.8 Å². The first-order valence-electron chi connectivity index (χ1n) is 10.8. The number of aryl methyl sites for hydroxylation is 1. The average molecular weight is 437 g/mol. The second-order valence-corrected chi connectivity index (χ2v) is 9.00. The molecule has 2 atom stereocenters. The number of aromatic nitrogens is 5. The Kier molecular flexibility index (Phi) is 7.62. The fraction of sp³-hybridized carbons (Fsp3) is 0.417. The van der Waals surface area contributed by atoms with Gasteiger partial charge in [-0.3, -0.25) is 0 Å². The van der Waals surface area contributed by atoms with Gasteiger partial charge in [0, 0.05) is 28.4 Å². The molecule has 4 rings (SSSR count). The summed E-state index contributed by atoms with van der Waals surface area (Å²) in [7, 11) is 0. The van der Waals surface area contributed by atoms with Gasteiger partial charge in [-0.2, -0.15) is 15.4 Å². The fourth-order valence-electron chi connectivity index (χ4n) is 3.84. The van der Waals surface area contributed by atoms with E-state index in [4.69, 9.17) is 5.73 Å². The van der Waals surface area contributed by atoms with Gasteiger partial charge in [-0.05, 0) is 73.7 Å². The van der Waals surface area contributed by atoms with E-state index in [1.165, 1.54) is 24.6 Å². The minimum atomic E-state index is 0.546. The third-order valence-electron chi connectivity index (χ3n) is 6.10. The van der Waals surface area contributed by atoms with Crippen molar-refractivity contribution in [2.75, 3.05) is 0 Å². The van der Waals surface area contributed by atoms with Crippen molar-refractivity contribution in [2.24, 2.45) is 17.6 Å². The lowest BCUT2D eigenvalue weighted by Crippen LogP contribution is -2.02. The number of fused-ring (bicyclic) bond motifs is 1. The Labute approximate surface area is 188 Å². The Hall–Kier alpha value is -2.51. The van der Waals surface area contributed by atoms with Crippen molar-refractivity contribution in [2.45, 2.75) is 63.6 Å². The zero-order chi connectivity index (χ0) is 22.5. The van der Waals surface area contributed by atoms with Crippen molar-refractivity contribution >= 4 is 28.4 Å². The Morgan fingerprint density at radius 3 is 2.42 bits per heavy atom. The van der Waals surface area contributed by atoms with Gasteiger partial charge < -0.3 is 5.73 Å². The topological polar surface area (TPSA) is 93.4 Å². The Morgan fingerprint density at radius 2 is 1.84 bits per heavy atom. The molecular formula is C24H32N6S. The van der Waals surface area contributed by atoms with Crippen LogP contribution in [-0.2, 0) is 0 Å². The number of rotatable bonds is 6. The molecule has 0 aliphatic heterocycles. The normalized spacial score (nSPS) is 20.6. The predicted octanol–water partition coefficient (Wildman–Crippen LogP) is 5.57. The first-order chi connectivity index (χ1) is 14.9. The molecule has 0 spiro atoms. The summed E-state index contributed by atoms with van der Waals surface area (Å²) in [6.45, 7) is 14.4. The summed E-state index contributed by atoms with van der Waals surface area (Å²) in [6.07, 6.45) is 6.28. The molecule has 164 valence electrons. The minimum absolute atomic E-state index is 0.546. The molecule has 31 heavy (non-hydrogen) atoms. The van der Waals surface area contributed by atoms with Crippen LogP contribution in [0.2, 0.25) is 0 Å². The molecule has 0 radical (unpaired) electrons. The molecule has 6 nitrogen and oxygen atoms in total. The van der Waals surface area contributed by atoms with Gasteiger partial charge in [-0.1, -0.05) is 39.3 Å². The highest BCUT2D eigenvalue weighted by molar-refractivity contribution is 7.99. The van der Waals surface area contributed by atoms with Crippen molar-refractivity contribution < 1.29 is 0 Å². The molecule has 1 aromatic carbocycles. The van der Waals surface area contributed by atoms with Gasteiger partial charge in [-0.25, -0.2) is 9.97 Å². The van der Waals surface area contributed by atoms with Crippen molar-refractivity contribution in [3.05, 3.63) is 53.9 Å². The summed E-state index contributed by atoms with van der Waals surface area (Å²) in [5.41, 5.74) is 11.7. The summed E-state index contributed by atoms with van der Waals surface area (Å²) in [4.78, 5) is 10.1. The van der Waals surface area contributed by atoms with E-state index in [0.717, 1.165) is 55.3 Å². The second kappa shape index (κ2) is 10.2. The van der Waals surface area contributed by atoms with Crippen LogP contribution in [0.5, 0.6) is 0 Å². The third kappa shape index (κ3) is 5.40. The van der Waals surface area contributed by atoms with Gasteiger partial charge in [0.1, 0.15) is 11.0 Å². The maximum Gasteiger partial charge on any atom is 0.192 e. The zero-order valence-corrected chi connectivity index (χ0v) is 19.8. The van der Waals surface area contributed by atoms with Crippen molar-refractivity contribution in [1.29, 1.82) is 0 Å². The van der Waals surface area contributed by atoms with E-state index in [1.54, 1.807) is 0 Å². The molecule has 1 aliphatic carbocycles. The van der Waals surface area contributed by atoms with E-state index in [0.29, 0.717) is 6.04 Å². The molecule has 3 N–H and O–H groups in total. The van der Waals surface area contributed by atoms with E-state index in [-0.39, 0.29) is 0 Å². The Bertz CT molecular complexity index is 1080. The highest BCUT2D eigenvalue weighted by Gasteiger charge is 2.43. The number of nitrogens with two attached hydrogens (primary N) is 1. The summed E-state index contributed by atoms with van der Waals surface area (Å²) in [5, 5.41) is 11.5. The molecular weight excluding hydrogens is 404 g/mol. The van der Waals surface area contributed by atoms with Crippen LogP contribution in [0.4, 0.5) is 0 Å². The predicted molar refractivity (Wildman–Crippen MR) is 129 cm³/mol. The molecule has 3 aromatic rings. The molecule has 0 amide bonds. The van der Waals surface area contributed by atoms with Crippen LogP contribution in [0.25, 0.3) is 16.6 Å². The van der Waals surface area contributed by atoms with Gasteiger partial charge in [0.05, 0.1) is 0 Å². The van der Waals surface area contributed by atoms with Crippen LogP contribution >= 0.6 is 11.8 Å². The number of nitrogens with one attached hydrogen (secondary N) is 1. The molecule has 2 aromatic heterocycles. The molecule has 0 saturated heterocycles. The molecule has 2 unspecified atom stereocenters. The molecule has 0 bridgehead atoms. The van der Waals surface area contributed by atoms with Gasteiger partial charge in [-0.15, -0.1) is 0 Å². The largest absolute Gasteiger partial charge is 0.327 e. The van der Waals surface area contributed by atoms with Crippen LogP contribution in [-0.4, -0.2) is 31.4 Å². The summed E-state index contributed by atoms with van der Waals surface area (Å²) < 4.78 is 0. The van der Waals surface area contributed by atoms with Gasteiger partial charge in [0.2, 0.25) is 0 Å². The molecule has 1 fully saturated rings. The van der Waals surface area contributed by atoms with E-state index >= 15 is 0 Å². The van der Waals surface area contributed by atoms with Gasteiger partial charge in [0.15, 0.2) is 5.16 Å². The second-order valence-electron chi connectivity index (χ2n) is 7.96. The zero-order valence-electron chi connectivity index (χ0n) is 19.0. The number of aromatic amines is 1. The van der Waals surface area contributed by atoms with Crippen molar-refractivity contribution in [3.8, 4) is 0 Å². The van der Waals surface area contributed by atoms with E-state index in [2.05, 4.69) is 52.7 Å². The summed E-state index contributed by atoms with van der Waals surface area (Å²) >= 11 is 1.51. The Morgan fingerprint density at radius 1 is 1.16 bits per heavy atom. The highest BCUT2D eigenvalue weighted by atomic mass is 32.2. The van der Waals surface area contributed by atoms with Crippen LogP contribution < -0.4 is 5.73 Å². The summed E-state index contributed by atoms with van der Waals surface area (Å²) in [5.74, 6) is 1.72. The monoisotopic (exact) mass is 436 g/mol. The van der Waals surface area contributed by atoms with Gasteiger partial charge in [0.25, 0.3) is 0 Å². The minimum Gasteiger partial charge on any atom is -0.327 e. The van der Waals surface area contributed by atoms with Crippen LogP contribution in [0.1, 0.15) is 51.8 Å². The average Bonchev–Trinajstić information content (AvgIpc) is 3.17. The molecule has 2 heterocycles. The van der Waals surface area contributed by atoms with E-state index in [9.17, 15) is 0 Å². The first-order valence-corrected chi connectivity index (χ1v) is 11.6. The lowest BCUT2D eigenvalue weighted by Gasteiger charge is -2.09. The number of nitrogens with zero attached hydrogens (tertiary/aromatic N) is 4. The number of hydrogen-bond donors (Lipinski definition) is 2. The number of hydrogen-bond acceptors (Lipinski definition) is 6. The first kappa shape index (κ1) is 23.2. The summed E-state index contributed by atoms with van der Waals surface area (Å²) in [6, 6.07) is 6.45.